The second-order valence-electron chi connectivity index (χ2n) is 6.70. The van der Waals surface area contributed by atoms with E-state index >= 15 is 0 Å². The van der Waals surface area contributed by atoms with E-state index in [1.807, 2.05) is 30.3 Å². The van der Waals surface area contributed by atoms with Gasteiger partial charge in [-0.05, 0) is 5.56 Å². The Balaban J connectivity index is 1.38. The summed E-state index contributed by atoms with van der Waals surface area (Å²) in [5.41, 5.74) is 0.985. The zero-order valence-corrected chi connectivity index (χ0v) is 16.5. The van der Waals surface area contributed by atoms with Gasteiger partial charge in [0, 0.05) is 37.0 Å². The molecule has 0 spiro atoms. The molecule has 0 bridgehead atoms. The van der Waals surface area contributed by atoms with E-state index < -0.39 is 23.0 Å². The lowest BCUT2D eigenvalue weighted by atomic mass is 10.1. The number of aromatic hydroxyl groups is 2. The molecule has 1 atom stereocenters. The number of rotatable bonds is 6. The number of thioether (sulfide) groups is 1. The highest BCUT2D eigenvalue weighted by molar-refractivity contribution is 8.26. The van der Waals surface area contributed by atoms with Gasteiger partial charge in [-0.2, -0.15) is 0 Å². The average molecular weight is 430 g/mol. The third kappa shape index (κ3) is 3.91. The Morgan fingerprint density at radius 2 is 1.83 bits per heavy atom. The molecule has 1 saturated heterocycles. The van der Waals surface area contributed by atoms with Crippen LogP contribution in [0.2, 0.25) is 0 Å². The zero-order valence-electron chi connectivity index (χ0n) is 15.7. The summed E-state index contributed by atoms with van der Waals surface area (Å²) in [5, 5.41) is 18.4. The predicted octanol–water partition coefficient (Wildman–Crippen LogP) is 2.13. The standard InChI is InChI=1S/C20H18N2O7S/c23-14-8-13-16(9-15(14)24)29-11-21(17(13)25)6-7-28-18-19(26)30-20(27)22(18)10-12-4-2-1-3-5-12/h1-5,8-9,18,23-24H,6-7,10-11H2. The molecule has 4 rings (SSSR count). The van der Waals surface area contributed by atoms with Crippen molar-refractivity contribution in [2.75, 3.05) is 19.9 Å². The summed E-state index contributed by atoms with van der Waals surface area (Å²) in [6.07, 6.45) is -1.03. The van der Waals surface area contributed by atoms with Crippen molar-refractivity contribution >= 4 is 28.0 Å². The SMILES string of the molecule is O=C1SC(=O)N(Cc2ccccc2)C1OCCN1COc2cc(O)c(O)cc2C1=O. The monoisotopic (exact) mass is 430 g/mol. The maximum atomic E-state index is 12.6. The minimum atomic E-state index is -1.03. The van der Waals surface area contributed by atoms with E-state index in [9.17, 15) is 24.6 Å². The van der Waals surface area contributed by atoms with Crippen molar-refractivity contribution in [3.63, 3.8) is 0 Å². The van der Waals surface area contributed by atoms with Gasteiger partial charge in [0.15, 0.2) is 18.2 Å². The fourth-order valence-corrected chi connectivity index (χ4v) is 3.91. The first-order chi connectivity index (χ1) is 14.4. The summed E-state index contributed by atoms with van der Waals surface area (Å²) >= 11 is 0.602. The lowest BCUT2D eigenvalue weighted by molar-refractivity contribution is -0.130. The summed E-state index contributed by atoms with van der Waals surface area (Å²) < 4.78 is 11.1. The van der Waals surface area contributed by atoms with Crippen molar-refractivity contribution in [1.82, 2.24) is 9.80 Å². The zero-order chi connectivity index (χ0) is 21.3. The molecule has 2 amide bonds. The number of carbonyl (C=O) groups is 3. The largest absolute Gasteiger partial charge is 0.504 e. The highest BCUT2D eigenvalue weighted by Crippen LogP contribution is 2.35. The van der Waals surface area contributed by atoms with Crippen LogP contribution in [0, 0.1) is 0 Å². The minimum Gasteiger partial charge on any atom is -0.504 e. The third-order valence-corrected chi connectivity index (χ3v) is 5.52. The minimum absolute atomic E-state index is 0.00400. The second-order valence-corrected chi connectivity index (χ2v) is 7.66. The van der Waals surface area contributed by atoms with Gasteiger partial charge in [-0.25, -0.2) is 0 Å². The molecule has 0 aromatic heterocycles. The van der Waals surface area contributed by atoms with Gasteiger partial charge in [0.2, 0.25) is 11.3 Å². The smallest absolute Gasteiger partial charge is 0.292 e. The van der Waals surface area contributed by atoms with Crippen LogP contribution < -0.4 is 4.74 Å². The van der Waals surface area contributed by atoms with Gasteiger partial charge in [0.1, 0.15) is 5.75 Å². The van der Waals surface area contributed by atoms with Crippen LogP contribution in [0.25, 0.3) is 0 Å². The molecule has 2 N–H and O–H groups in total. The van der Waals surface area contributed by atoms with Crippen LogP contribution in [0.3, 0.4) is 0 Å². The molecule has 2 aliphatic rings. The maximum Gasteiger partial charge on any atom is 0.292 e. The maximum absolute atomic E-state index is 12.6. The van der Waals surface area contributed by atoms with Gasteiger partial charge < -0.3 is 24.6 Å². The Morgan fingerprint density at radius 1 is 1.10 bits per heavy atom. The number of benzene rings is 2. The fourth-order valence-electron chi connectivity index (χ4n) is 3.16. The van der Waals surface area contributed by atoms with Gasteiger partial charge in [0.05, 0.1) is 12.2 Å². The van der Waals surface area contributed by atoms with E-state index in [0.29, 0.717) is 11.8 Å². The molecule has 0 radical (unpaired) electrons. The molecule has 2 aromatic carbocycles. The molecule has 2 aliphatic heterocycles. The van der Waals surface area contributed by atoms with Gasteiger partial charge >= 0.3 is 0 Å². The van der Waals surface area contributed by atoms with Crippen LogP contribution in [0.15, 0.2) is 42.5 Å². The molecule has 2 aromatic rings. The fraction of sp³-hybridized carbons (Fsp3) is 0.250. The van der Waals surface area contributed by atoms with E-state index in [-0.39, 0.29) is 48.7 Å². The summed E-state index contributed by atoms with van der Waals surface area (Å²) in [6.45, 7) is 0.288. The van der Waals surface area contributed by atoms with Crippen LogP contribution in [-0.4, -0.2) is 62.4 Å². The first kappa shape index (κ1) is 20.0. The summed E-state index contributed by atoms with van der Waals surface area (Å²) in [7, 11) is 0. The molecule has 1 unspecified atom stereocenters. The number of hydrogen-bond acceptors (Lipinski definition) is 8. The van der Waals surface area contributed by atoms with Crippen LogP contribution in [0.1, 0.15) is 15.9 Å². The molecule has 1 fully saturated rings. The lowest BCUT2D eigenvalue weighted by Crippen LogP contribution is -2.43. The van der Waals surface area contributed by atoms with Gasteiger partial charge in [-0.3, -0.25) is 19.3 Å². The number of fused-ring (bicyclic) bond motifs is 1. The van der Waals surface area contributed by atoms with E-state index in [2.05, 4.69) is 0 Å². The van der Waals surface area contributed by atoms with Crippen molar-refractivity contribution in [2.24, 2.45) is 0 Å². The number of amides is 2. The van der Waals surface area contributed by atoms with Crippen LogP contribution >= 0.6 is 11.8 Å². The molecule has 0 saturated carbocycles. The quantitative estimate of drug-likeness (QED) is 0.670. The Morgan fingerprint density at radius 3 is 2.60 bits per heavy atom. The van der Waals surface area contributed by atoms with E-state index in [1.54, 1.807) is 0 Å². The highest BCUT2D eigenvalue weighted by Gasteiger charge is 2.40. The van der Waals surface area contributed by atoms with Crippen molar-refractivity contribution < 1.29 is 34.1 Å². The van der Waals surface area contributed by atoms with Gasteiger partial charge in [-0.1, -0.05) is 30.3 Å². The Bertz CT molecular complexity index is 998. The van der Waals surface area contributed by atoms with E-state index in [0.717, 1.165) is 11.6 Å². The Kier molecular flexibility index (Phi) is 5.51. The molecule has 156 valence electrons. The summed E-state index contributed by atoms with van der Waals surface area (Å²) in [6, 6.07) is 11.6. The number of carbonyl (C=O) groups excluding carboxylic acids is 3. The van der Waals surface area contributed by atoms with Crippen molar-refractivity contribution in [3.05, 3.63) is 53.6 Å². The Hall–Kier alpha value is -3.24. The van der Waals surface area contributed by atoms with E-state index in [1.165, 1.54) is 15.9 Å². The normalized spacial score (nSPS) is 18.5. The molecule has 10 heteroatoms. The summed E-state index contributed by atoms with van der Waals surface area (Å²) in [5.74, 6) is -1.03. The second kappa shape index (κ2) is 8.25. The number of nitrogens with zero attached hydrogens (tertiary/aromatic N) is 2. The molecule has 2 heterocycles. The number of phenols is 2. The first-order valence-corrected chi connectivity index (χ1v) is 9.91. The highest BCUT2D eigenvalue weighted by atomic mass is 32.2. The number of ether oxygens (including phenoxy) is 2. The van der Waals surface area contributed by atoms with Crippen LogP contribution in [-0.2, 0) is 16.1 Å². The van der Waals surface area contributed by atoms with Gasteiger partial charge in [-0.15, -0.1) is 0 Å². The predicted molar refractivity (Wildman–Crippen MR) is 106 cm³/mol. The molecular weight excluding hydrogens is 412 g/mol. The van der Waals surface area contributed by atoms with Crippen molar-refractivity contribution in [2.45, 2.75) is 12.8 Å². The summed E-state index contributed by atoms with van der Waals surface area (Å²) in [4.78, 5) is 39.6. The topological polar surface area (TPSA) is 117 Å². The van der Waals surface area contributed by atoms with Crippen LogP contribution in [0.4, 0.5) is 4.79 Å². The molecule has 30 heavy (non-hydrogen) atoms. The molecular formula is C20H18N2O7S. The molecule has 9 nitrogen and oxygen atoms in total. The van der Waals surface area contributed by atoms with Crippen molar-refractivity contribution in [3.8, 4) is 17.2 Å². The van der Waals surface area contributed by atoms with Crippen LogP contribution in [0.5, 0.6) is 17.2 Å². The Labute approximate surface area is 175 Å². The van der Waals surface area contributed by atoms with Gasteiger partial charge in [0.25, 0.3) is 11.1 Å². The number of hydrogen-bond donors (Lipinski definition) is 2. The first-order valence-electron chi connectivity index (χ1n) is 9.10. The average Bonchev–Trinajstić information content (AvgIpc) is 2.99. The lowest BCUT2D eigenvalue weighted by Gasteiger charge is -2.29. The van der Waals surface area contributed by atoms with Crippen molar-refractivity contribution in [1.29, 1.82) is 0 Å². The molecule has 0 aliphatic carbocycles. The third-order valence-electron chi connectivity index (χ3n) is 4.71. The van der Waals surface area contributed by atoms with E-state index in [4.69, 9.17) is 9.47 Å². The number of phenolic OH excluding ortho intramolecular Hbond substituents is 2.